The number of rotatable bonds is 7. The number of hydrogen-bond acceptors (Lipinski definition) is 7. The van der Waals surface area contributed by atoms with Gasteiger partial charge in [0.2, 0.25) is 21.8 Å². The van der Waals surface area contributed by atoms with E-state index in [-0.39, 0.29) is 22.8 Å². The minimum absolute atomic E-state index is 0.163. The van der Waals surface area contributed by atoms with Gasteiger partial charge in [0.15, 0.2) is 0 Å². The van der Waals surface area contributed by atoms with Gasteiger partial charge >= 0.3 is 0 Å². The minimum atomic E-state index is -3.63. The molecule has 0 saturated carbocycles. The normalized spacial score (nSPS) is 22.0. The van der Waals surface area contributed by atoms with Gasteiger partial charge in [0.05, 0.1) is 30.7 Å². The van der Waals surface area contributed by atoms with Crippen LogP contribution in [-0.4, -0.2) is 117 Å². The van der Waals surface area contributed by atoms with Crippen LogP contribution < -0.4 is 5.32 Å². The number of amides is 2. The van der Waals surface area contributed by atoms with E-state index in [0.29, 0.717) is 51.6 Å². The van der Waals surface area contributed by atoms with Crippen LogP contribution in [0.5, 0.6) is 0 Å². The Morgan fingerprint density at radius 2 is 1.68 bits per heavy atom. The van der Waals surface area contributed by atoms with Crippen molar-refractivity contribution < 1.29 is 22.7 Å². The van der Waals surface area contributed by atoms with Crippen LogP contribution in [0.1, 0.15) is 19.8 Å². The molecule has 3 saturated heterocycles. The number of carbonyl (C=O) groups is 2. The van der Waals surface area contributed by atoms with Crippen LogP contribution in [0.15, 0.2) is 29.2 Å². The first-order valence-corrected chi connectivity index (χ1v) is 13.5. The monoisotopic (exact) mass is 493 g/mol. The van der Waals surface area contributed by atoms with Crippen LogP contribution in [0.25, 0.3) is 0 Å². The average molecular weight is 494 g/mol. The van der Waals surface area contributed by atoms with Crippen molar-refractivity contribution in [2.24, 2.45) is 0 Å². The molecule has 3 aliphatic rings. The minimum Gasteiger partial charge on any atom is -0.379 e. The van der Waals surface area contributed by atoms with Gasteiger partial charge in [-0.3, -0.25) is 19.4 Å². The molecule has 2 amide bonds. The number of nitrogens with one attached hydrogen (secondary N) is 1. The topological polar surface area (TPSA) is 102 Å². The molecule has 0 unspecified atom stereocenters. The lowest BCUT2D eigenvalue weighted by Gasteiger charge is -2.37. The van der Waals surface area contributed by atoms with E-state index in [1.54, 1.807) is 18.2 Å². The number of ether oxygens (including phenoxy) is 1. The van der Waals surface area contributed by atoms with Crippen LogP contribution in [0.2, 0.25) is 0 Å². The van der Waals surface area contributed by atoms with E-state index in [1.165, 1.54) is 10.4 Å². The van der Waals surface area contributed by atoms with E-state index >= 15 is 0 Å². The molecule has 0 aliphatic carbocycles. The molecule has 10 nitrogen and oxygen atoms in total. The Hall–Kier alpha value is -2.05. The van der Waals surface area contributed by atoms with Crippen LogP contribution in [0.3, 0.4) is 0 Å². The fourth-order valence-corrected chi connectivity index (χ4v) is 6.10. The molecule has 1 N–H and O–H groups in total. The number of hydrogen-bond donors (Lipinski definition) is 1. The zero-order valence-electron chi connectivity index (χ0n) is 19.8. The molecule has 34 heavy (non-hydrogen) atoms. The lowest BCUT2D eigenvalue weighted by molar-refractivity contribution is -0.132. The molecule has 1 aromatic carbocycles. The molecule has 3 aliphatic heterocycles. The summed E-state index contributed by atoms with van der Waals surface area (Å²) in [5.41, 5.74) is 0.459. The summed E-state index contributed by atoms with van der Waals surface area (Å²) in [6.45, 7) is 8.33. The fraction of sp³-hybridized carbons (Fsp3) is 0.652. The fourth-order valence-electron chi connectivity index (χ4n) is 4.65. The van der Waals surface area contributed by atoms with Crippen LogP contribution in [0.4, 0.5) is 5.69 Å². The van der Waals surface area contributed by atoms with Crippen molar-refractivity contribution in [3.63, 3.8) is 0 Å². The van der Waals surface area contributed by atoms with E-state index in [1.807, 2.05) is 11.8 Å². The second-order valence-corrected chi connectivity index (χ2v) is 11.0. The highest BCUT2D eigenvalue weighted by Gasteiger charge is 2.29. The van der Waals surface area contributed by atoms with Crippen LogP contribution in [0, 0.1) is 0 Å². The van der Waals surface area contributed by atoms with Gasteiger partial charge in [-0.2, -0.15) is 4.31 Å². The Labute approximate surface area is 201 Å². The van der Waals surface area contributed by atoms with Crippen molar-refractivity contribution in [1.82, 2.24) is 19.0 Å². The largest absolute Gasteiger partial charge is 0.379 e. The summed E-state index contributed by atoms with van der Waals surface area (Å²) in [4.78, 5) is 31.7. The zero-order valence-corrected chi connectivity index (χ0v) is 20.6. The Morgan fingerprint density at radius 1 is 1.00 bits per heavy atom. The summed E-state index contributed by atoms with van der Waals surface area (Å²) in [6, 6.07) is 6.04. The molecule has 0 bridgehead atoms. The van der Waals surface area contributed by atoms with Gasteiger partial charge < -0.3 is 15.0 Å². The number of piperazine rings is 1. The summed E-state index contributed by atoms with van der Waals surface area (Å²) in [5.74, 6) is 0.0196. The molecule has 3 heterocycles. The smallest absolute Gasteiger partial charge is 0.243 e. The molecule has 188 valence electrons. The maximum atomic E-state index is 12.9. The number of nitrogens with zero attached hydrogens (tertiary/aromatic N) is 4. The quantitative estimate of drug-likeness (QED) is 0.582. The van der Waals surface area contributed by atoms with Gasteiger partial charge in [0.1, 0.15) is 0 Å². The SMILES string of the molecule is C[C@@H](C(=O)Nc1cccc(S(=O)(=O)N2CCOCC2)c1)N1CCN(CC(=O)N2CCCC2)CC1. The van der Waals surface area contributed by atoms with Gasteiger partial charge in [-0.05, 0) is 38.0 Å². The average Bonchev–Trinajstić information content (AvgIpc) is 3.40. The maximum absolute atomic E-state index is 12.9. The number of carbonyl (C=O) groups excluding carboxylic acids is 2. The number of sulfonamides is 1. The summed E-state index contributed by atoms with van der Waals surface area (Å²) in [5, 5.41) is 2.87. The lowest BCUT2D eigenvalue weighted by atomic mass is 10.2. The highest BCUT2D eigenvalue weighted by molar-refractivity contribution is 7.89. The third-order valence-corrected chi connectivity index (χ3v) is 8.76. The highest BCUT2D eigenvalue weighted by atomic mass is 32.2. The molecular formula is C23H35N5O5S. The van der Waals surface area contributed by atoms with E-state index in [9.17, 15) is 18.0 Å². The third-order valence-electron chi connectivity index (χ3n) is 6.86. The van der Waals surface area contributed by atoms with Gasteiger partial charge in [-0.25, -0.2) is 8.42 Å². The van der Waals surface area contributed by atoms with Gasteiger partial charge in [-0.1, -0.05) is 6.07 Å². The van der Waals surface area contributed by atoms with E-state index < -0.39 is 10.0 Å². The number of anilines is 1. The number of likely N-dealkylation sites (tertiary alicyclic amines) is 1. The summed E-state index contributed by atoms with van der Waals surface area (Å²) < 4.78 is 32.5. The Morgan fingerprint density at radius 3 is 2.35 bits per heavy atom. The second kappa shape index (κ2) is 11.1. The molecule has 1 aromatic rings. The third kappa shape index (κ3) is 5.95. The predicted molar refractivity (Wildman–Crippen MR) is 128 cm³/mol. The van der Waals surface area contributed by atoms with E-state index in [0.717, 1.165) is 39.0 Å². The summed E-state index contributed by atoms with van der Waals surface area (Å²) >= 11 is 0. The standard InChI is InChI=1S/C23H35N5O5S/c1-19(26-11-9-25(10-12-26)18-22(29)27-7-2-3-8-27)23(30)24-20-5-4-6-21(17-20)34(31,32)28-13-15-33-16-14-28/h4-6,17,19H,2-3,7-16,18H2,1H3,(H,24,30)/t19-/m0/s1. The molecule has 0 aromatic heterocycles. The van der Waals surface area contributed by atoms with Crippen molar-refractivity contribution in [2.45, 2.75) is 30.7 Å². The van der Waals surface area contributed by atoms with Crippen LogP contribution >= 0.6 is 0 Å². The van der Waals surface area contributed by atoms with Crippen molar-refractivity contribution in [3.05, 3.63) is 24.3 Å². The van der Waals surface area contributed by atoms with Gasteiger partial charge in [0.25, 0.3) is 0 Å². The predicted octanol–water partition coefficient (Wildman–Crippen LogP) is 0.275. The Balaban J connectivity index is 1.29. The molecule has 4 rings (SSSR count). The summed E-state index contributed by atoms with van der Waals surface area (Å²) in [6.07, 6.45) is 2.18. The molecule has 0 spiro atoms. The first kappa shape index (κ1) is 25.1. The van der Waals surface area contributed by atoms with Gasteiger partial charge in [-0.15, -0.1) is 0 Å². The molecule has 1 atom stereocenters. The number of morpholine rings is 1. The summed E-state index contributed by atoms with van der Waals surface area (Å²) in [7, 11) is -3.63. The first-order chi connectivity index (χ1) is 16.3. The zero-order chi connectivity index (χ0) is 24.1. The maximum Gasteiger partial charge on any atom is 0.243 e. The van der Waals surface area contributed by atoms with E-state index in [2.05, 4.69) is 15.1 Å². The highest BCUT2D eigenvalue weighted by Crippen LogP contribution is 2.21. The molecule has 3 fully saturated rings. The molecular weight excluding hydrogens is 458 g/mol. The van der Waals surface area contributed by atoms with Crippen molar-refractivity contribution in [1.29, 1.82) is 0 Å². The van der Waals surface area contributed by atoms with E-state index in [4.69, 9.17) is 4.74 Å². The number of benzene rings is 1. The Kier molecular flexibility index (Phi) is 8.20. The Bertz CT molecular complexity index is 968. The van der Waals surface area contributed by atoms with Crippen molar-refractivity contribution in [3.8, 4) is 0 Å². The lowest BCUT2D eigenvalue weighted by Crippen LogP contribution is -2.54. The van der Waals surface area contributed by atoms with Gasteiger partial charge in [0, 0.05) is 58.0 Å². The molecule has 0 radical (unpaired) electrons. The van der Waals surface area contributed by atoms with Crippen molar-refractivity contribution in [2.75, 3.05) is 77.4 Å². The molecule has 11 heteroatoms. The first-order valence-electron chi connectivity index (χ1n) is 12.1. The second-order valence-electron chi connectivity index (χ2n) is 9.11. The van der Waals surface area contributed by atoms with Crippen LogP contribution in [-0.2, 0) is 24.3 Å². The van der Waals surface area contributed by atoms with Crippen molar-refractivity contribution >= 4 is 27.5 Å².